The molecule has 0 atom stereocenters. The lowest BCUT2D eigenvalue weighted by Crippen LogP contribution is -1.95. The van der Waals surface area contributed by atoms with Gasteiger partial charge in [-0.25, -0.2) is 18.6 Å². The highest BCUT2D eigenvalue weighted by atomic mass is 19.1. The van der Waals surface area contributed by atoms with E-state index < -0.39 is 17.6 Å². The van der Waals surface area contributed by atoms with E-state index in [9.17, 15) is 13.6 Å². The normalized spacial score (nSPS) is 11.0. The molecule has 0 unspecified atom stereocenters. The van der Waals surface area contributed by atoms with Gasteiger partial charge in [-0.05, 0) is 30.7 Å². The molecular weight excluding hydrogens is 280 g/mol. The van der Waals surface area contributed by atoms with Crippen molar-refractivity contribution in [2.45, 2.75) is 6.92 Å². The summed E-state index contributed by atoms with van der Waals surface area (Å²) < 4.78 is 32.5. The van der Waals surface area contributed by atoms with E-state index in [-0.39, 0.29) is 28.2 Å². The second-order valence-corrected chi connectivity index (χ2v) is 4.56. The summed E-state index contributed by atoms with van der Waals surface area (Å²) in [5, 5.41) is 9.09. The molecule has 1 N–H and O–H groups in total. The van der Waals surface area contributed by atoms with Crippen LogP contribution in [0.5, 0.6) is 0 Å². The third-order valence-electron chi connectivity index (χ3n) is 3.12. The fourth-order valence-electron chi connectivity index (χ4n) is 2.05. The lowest BCUT2D eigenvalue weighted by Gasteiger charge is -2.01. The van der Waals surface area contributed by atoms with Crippen LogP contribution < -0.4 is 0 Å². The molecule has 2 aromatic carbocycles. The van der Waals surface area contributed by atoms with Crippen LogP contribution in [0.25, 0.3) is 22.6 Å². The van der Waals surface area contributed by atoms with Crippen LogP contribution in [-0.4, -0.2) is 16.1 Å². The molecule has 1 aromatic heterocycles. The van der Waals surface area contributed by atoms with Gasteiger partial charge < -0.3 is 9.52 Å². The second-order valence-electron chi connectivity index (χ2n) is 4.56. The first-order chi connectivity index (χ1) is 9.97. The Balaban J connectivity index is 2.25. The molecule has 1 heterocycles. The zero-order valence-electron chi connectivity index (χ0n) is 10.9. The van der Waals surface area contributed by atoms with Gasteiger partial charge in [0, 0.05) is 6.07 Å². The summed E-state index contributed by atoms with van der Waals surface area (Å²) in [6, 6.07) is 6.47. The molecule has 106 valence electrons. The van der Waals surface area contributed by atoms with Gasteiger partial charge in [0.2, 0.25) is 5.89 Å². The number of rotatable bonds is 2. The molecule has 3 rings (SSSR count). The van der Waals surface area contributed by atoms with Gasteiger partial charge in [-0.15, -0.1) is 0 Å². The van der Waals surface area contributed by atoms with Crippen molar-refractivity contribution in [3.63, 3.8) is 0 Å². The number of aromatic carboxylic acids is 1. The number of aromatic nitrogens is 1. The van der Waals surface area contributed by atoms with E-state index in [2.05, 4.69) is 4.98 Å². The zero-order valence-corrected chi connectivity index (χ0v) is 10.9. The van der Waals surface area contributed by atoms with Crippen molar-refractivity contribution in [2.24, 2.45) is 0 Å². The average Bonchev–Trinajstić information content (AvgIpc) is 2.85. The van der Waals surface area contributed by atoms with E-state index in [0.717, 1.165) is 6.07 Å². The maximum atomic E-state index is 13.8. The predicted molar refractivity (Wildman–Crippen MR) is 71.1 cm³/mol. The maximum absolute atomic E-state index is 13.8. The Bertz CT molecular complexity index is 871. The van der Waals surface area contributed by atoms with Crippen LogP contribution in [0.3, 0.4) is 0 Å². The van der Waals surface area contributed by atoms with Crippen LogP contribution >= 0.6 is 0 Å². The van der Waals surface area contributed by atoms with Crippen LogP contribution in [0.2, 0.25) is 0 Å². The minimum absolute atomic E-state index is 0.0126. The molecule has 0 bridgehead atoms. The third kappa shape index (κ3) is 2.14. The fraction of sp³-hybridized carbons (Fsp3) is 0.0667. The number of benzene rings is 2. The number of aryl methyl sites for hydroxylation is 1. The Morgan fingerprint density at radius 1 is 1.24 bits per heavy atom. The Labute approximate surface area is 117 Å². The summed E-state index contributed by atoms with van der Waals surface area (Å²) in [4.78, 5) is 15.2. The standard InChI is InChI=1S/C15H9F2NO3/c1-7-5-9(11(17)6-10(7)16)14-18-12-4-2-3-8(15(19)20)13(12)21-14/h2-6H,1H3,(H,19,20). The molecule has 0 aliphatic carbocycles. The monoisotopic (exact) mass is 289 g/mol. The van der Waals surface area contributed by atoms with Crippen molar-refractivity contribution in [1.29, 1.82) is 0 Å². The summed E-state index contributed by atoms with van der Waals surface area (Å²) in [5.74, 6) is -2.74. The minimum Gasteiger partial charge on any atom is -0.478 e. The van der Waals surface area contributed by atoms with Gasteiger partial charge in [0.1, 0.15) is 22.7 Å². The smallest absolute Gasteiger partial charge is 0.339 e. The first kappa shape index (κ1) is 13.2. The summed E-state index contributed by atoms with van der Waals surface area (Å²) in [6.07, 6.45) is 0. The number of para-hydroxylation sites is 1. The van der Waals surface area contributed by atoms with E-state index >= 15 is 0 Å². The maximum Gasteiger partial charge on any atom is 0.339 e. The molecule has 0 aliphatic rings. The summed E-state index contributed by atoms with van der Waals surface area (Å²) >= 11 is 0. The molecule has 4 nitrogen and oxygen atoms in total. The molecule has 0 radical (unpaired) electrons. The molecule has 0 spiro atoms. The number of carbonyl (C=O) groups is 1. The fourth-order valence-corrected chi connectivity index (χ4v) is 2.05. The Hall–Kier alpha value is -2.76. The first-order valence-corrected chi connectivity index (χ1v) is 6.06. The Morgan fingerprint density at radius 2 is 2.00 bits per heavy atom. The number of hydrogen-bond acceptors (Lipinski definition) is 3. The lowest BCUT2D eigenvalue weighted by atomic mass is 10.1. The first-order valence-electron chi connectivity index (χ1n) is 6.06. The number of carboxylic acid groups (broad SMARTS) is 1. The Kier molecular flexibility index (Phi) is 2.94. The third-order valence-corrected chi connectivity index (χ3v) is 3.12. The molecule has 0 saturated carbocycles. The minimum atomic E-state index is -1.17. The molecule has 0 fully saturated rings. The van der Waals surface area contributed by atoms with Gasteiger partial charge >= 0.3 is 5.97 Å². The molecule has 0 amide bonds. The number of carboxylic acids is 1. The lowest BCUT2D eigenvalue weighted by molar-refractivity contribution is 0.0698. The van der Waals surface area contributed by atoms with E-state index in [1.807, 2.05) is 0 Å². The Morgan fingerprint density at radius 3 is 2.71 bits per heavy atom. The second kappa shape index (κ2) is 4.66. The highest BCUT2D eigenvalue weighted by Gasteiger charge is 2.18. The van der Waals surface area contributed by atoms with Crippen molar-refractivity contribution in [3.8, 4) is 11.5 Å². The topological polar surface area (TPSA) is 63.3 Å². The van der Waals surface area contributed by atoms with Crippen LogP contribution in [0, 0.1) is 18.6 Å². The van der Waals surface area contributed by atoms with Crippen molar-refractivity contribution >= 4 is 17.1 Å². The highest BCUT2D eigenvalue weighted by molar-refractivity contribution is 6.00. The molecule has 21 heavy (non-hydrogen) atoms. The molecule has 3 aromatic rings. The average molecular weight is 289 g/mol. The van der Waals surface area contributed by atoms with Crippen LogP contribution in [0.1, 0.15) is 15.9 Å². The van der Waals surface area contributed by atoms with Crippen molar-refractivity contribution in [1.82, 2.24) is 4.98 Å². The van der Waals surface area contributed by atoms with Crippen LogP contribution in [0.15, 0.2) is 34.7 Å². The van der Waals surface area contributed by atoms with Gasteiger partial charge in [0.05, 0.1) is 5.56 Å². The summed E-state index contributed by atoms with van der Waals surface area (Å²) in [7, 11) is 0. The van der Waals surface area contributed by atoms with E-state index in [1.54, 1.807) is 6.07 Å². The summed E-state index contributed by atoms with van der Waals surface area (Å²) in [6.45, 7) is 1.49. The van der Waals surface area contributed by atoms with E-state index in [1.165, 1.54) is 25.1 Å². The molecule has 6 heteroatoms. The van der Waals surface area contributed by atoms with E-state index in [0.29, 0.717) is 5.52 Å². The van der Waals surface area contributed by atoms with Gasteiger partial charge in [-0.2, -0.15) is 0 Å². The predicted octanol–water partition coefficient (Wildman–Crippen LogP) is 3.78. The SMILES string of the molecule is Cc1cc(-c2nc3cccc(C(=O)O)c3o2)c(F)cc1F. The molecule has 0 saturated heterocycles. The van der Waals surface area contributed by atoms with Crippen molar-refractivity contribution < 1.29 is 23.1 Å². The molecular formula is C15H9F2NO3. The van der Waals surface area contributed by atoms with Crippen molar-refractivity contribution in [3.05, 3.63) is 53.1 Å². The van der Waals surface area contributed by atoms with Gasteiger partial charge in [0.25, 0.3) is 0 Å². The van der Waals surface area contributed by atoms with E-state index in [4.69, 9.17) is 9.52 Å². The van der Waals surface area contributed by atoms with Crippen LogP contribution in [-0.2, 0) is 0 Å². The number of hydrogen-bond donors (Lipinski definition) is 1. The number of oxazole rings is 1. The zero-order chi connectivity index (χ0) is 15.1. The number of fused-ring (bicyclic) bond motifs is 1. The van der Waals surface area contributed by atoms with Gasteiger partial charge in [-0.3, -0.25) is 0 Å². The van der Waals surface area contributed by atoms with Gasteiger partial charge in [-0.1, -0.05) is 6.07 Å². The summed E-state index contributed by atoms with van der Waals surface area (Å²) in [5.41, 5.74) is 0.520. The van der Waals surface area contributed by atoms with Crippen LogP contribution in [0.4, 0.5) is 8.78 Å². The largest absolute Gasteiger partial charge is 0.478 e. The molecule has 0 aliphatic heterocycles. The highest BCUT2D eigenvalue weighted by Crippen LogP contribution is 2.29. The quantitative estimate of drug-likeness (QED) is 0.779. The number of nitrogens with zero attached hydrogens (tertiary/aromatic N) is 1. The van der Waals surface area contributed by atoms with Crippen molar-refractivity contribution in [2.75, 3.05) is 0 Å². The number of halogens is 2. The van der Waals surface area contributed by atoms with Gasteiger partial charge in [0.15, 0.2) is 5.58 Å².